The van der Waals surface area contributed by atoms with Crippen LogP contribution in [0, 0.1) is 6.92 Å². The molecule has 0 radical (unpaired) electrons. The van der Waals surface area contributed by atoms with E-state index >= 15 is 0 Å². The van der Waals surface area contributed by atoms with Crippen molar-refractivity contribution < 1.29 is 4.79 Å². The predicted octanol–water partition coefficient (Wildman–Crippen LogP) is 2.39. The summed E-state index contributed by atoms with van der Waals surface area (Å²) in [6, 6.07) is 5.44. The molecule has 1 amide bonds. The first kappa shape index (κ1) is 13.0. The van der Waals surface area contributed by atoms with E-state index in [9.17, 15) is 4.79 Å². The van der Waals surface area contributed by atoms with Crippen molar-refractivity contribution in [1.29, 1.82) is 0 Å². The van der Waals surface area contributed by atoms with Gasteiger partial charge in [-0.25, -0.2) is 0 Å². The van der Waals surface area contributed by atoms with Crippen LogP contribution < -0.4 is 5.73 Å². The van der Waals surface area contributed by atoms with Gasteiger partial charge in [0, 0.05) is 18.8 Å². The Morgan fingerprint density at radius 2 is 1.94 bits per heavy atom. The molecule has 0 saturated carbocycles. The topological polar surface area (TPSA) is 46.3 Å². The first-order chi connectivity index (χ1) is 8.10. The number of anilines is 1. The fourth-order valence-electron chi connectivity index (χ4n) is 1.58. The summed E-state index contributed by atoms with van der Waals surface area (Å²) in [6.45, 7) is 10.2. The largest absolute Gasteiger partial charge is 0.398 e. The van der Waals surface area contributed by atoms with Crippen LogP contribution in [0.15, 0.2) is 43.5 Å². The van der Waals surface area contributed by atoms with Crippen LogP contribution in [-0.2, 0) is 0 Å². The molecule has 0 atom stereocenters. The molecule has 0 aliphatic heterocycles. The van der Waals surface area contributed by atoms with Gasteiger partial charge in [-0.2, -0.15) is 0 Å². The average Bonchev–Trinajstić information content (AvgIpc) is 2.31. The number of amides is 1. The fourth-order valence-corrected chi connectivity index (χ4v) is 1.58. The Morgan fingerprint density at radius 3 is 2.47 bits per heavy atom. The van der Waals surface area contributed by atoms with Crippen LogP contribution in [0.4, 0.5) is 5.69 Å². The Labute approximate surface area is 102 Å². The Morgan fingerprint density at radius 1 is 1.35 bits per heavy atom. The number of hydrogen-bond acceptors (Lipinski definition) is 2. The highest BCUT2D eigenvalue weighted by Gasteiger charge is 2.15. The zero-order valence-corrected chi connectivity index (χ0v) is 10.1. The third kappa shape index (κ3) is 3.21. The van der Waals surface area contributed by atoms with Crippen molar-refractivity contribution in [3.8, 4) is 0 Å². The number of nitrogens with two attached hydrogens (primary N) is 1. The molecule has 0 aromatic heterocycles. The second-order valence-corrected chi connectivity index (χ2v) is 3.88. The molecule has 1 aromatic rings. The summed E-state index contributed by atoms with van der Waals surface area (Å²) < 4.78 is 0. The molecule has 0 spiro atoms. The molecule has 0 saturated heterocycles. The monoisotopic (exact) mass is 230 g/mol. The summed E-state index contributed by atoms with van der Waals surface area (Å²) in [5.41, 5.74) is 7.87. The molecule has 1 rings (SSSR count). The summed E-state index contributed by atoms with van der Waals surface area (Å²) in [6.07, 6.45) is 3.38. The molecule has 0 heterocycles. The molecule has 0 unspecified atom stereocenters. The molecular weight excluding hydrogens is 212 g/mol. The van der Waals surface area contributed by atoms with Crippen LogP contribution >= 0.6 is 0 Å². The van der Waals surface area contributed by atoms with Crippen LogP contribution in [0.1, 0.15) is 15.9 Å². The highest BCUT2D eigenvalue weighted by atomic mass is 16.2. The lowest BCUT2D eigenvalue weighted by molar-refractivity contribution is 0.0792. The third-order valence-corrected chi connectivity index (χ3v) is 2.43. The van der Waals surface area contributed by atoms with Crippen molar-refractivity contribution in [3.05, 3.63) is 54.6 Å². The Balaban J connectivity index is 3.03. The van der Waals surface area contributed by atoms with E-state index in [0.717, 1.165) is 5.56 Å². The van der Waals surface area contributed by atoms with Gasteiger partial charge < -0.3 is 10.6 Å². The first-order valence-electron chi connectivity index (χ1n) is 5.47. The number of benzene rings is 1. The molecule has 90 valence electrons. The van der Waals surface area contributed by atoms with Gasteiger partial charge in [-0.15, -0.1) is 13.2 Å². The minimum Gasteiger partial charge on any atom is -0.398 e. The van der Waals surface area contributed by atoms with Crippen molar-refractivity contribution >= 4 is 11.6 Å². The second-order valence-electron chi connectivity index (χ2n) is 3.88. The highest BCUT2D eigenvalue weighted by Crippen LogP contribution is 2.16. The van der Waals surface area contributed by atoms with Crippen molar-refractivity contribution in [2.24, 2.45) is 0 Å². The lowest BCUT2D eigenvalue weighted by Gasteiger charge is -2.20. The van der Waals surface area contributed by atoms with E-state index in [1.165, 1.54) is 0 Å². The predicted molar refractivity (Wildman–Crippen MR) is 71.9 cm³/mol. The summed E-state index contributed by atoms with van der Waals surface area (Å²) in [7, 11) is 0. The number of nitrogen functional groups attached to an aromatic ring is 1. The molecule has 1 aromatic carbocycles. The van der Waals surface area contributed by atoms with E-state index in [1.807, 2.05) is 13.0 Å². The lowest BCUT2D eigenvalue weighted by atomic mass is 10.1. The summed E-state index contributed by atoms with van der Waals surface area (Å²) in [5, 5.41) is 0. The smallest absolute Gasteiger partial charge is 0.256 e. The zero-order valence-electron chi connectivity index (χ0n) is 10.1. The maximum atomic E-state index is 12.2. The van der Waals surface area contributed by atoms with Gasteiger partial charge in [-0.1, -0.05) is 23.8 Å². The SMILES string of the molecule is C=CCN(CC=C)C(=O)c1cc(C)ccc1N. The molecule has 0 fully saturated rings. The first-order valence-corrected chi connectivity index (χ1v) is 5.47. The number of rotatable bonds is 5. The minimum atomic E-state index is -0.0917. The van der Waals surface area contributed by atoms with Crippen molar-refractivity contribution in [2.45, 2.75) is 6.92 Å². The van der Waals surface area contributed by atoms with Gasteiger partial charge in [0.1, 0.15) is 0 Å². The van der Waals surface area contributed by atoms with Gasteiger partial charge in [0.15, 0.2) is 0 Å². The van der Waals surface area contributed by atoms with E-state index in [0.29, 0.717) is 24.3 Å². The second kappa shape index (κ2) is 5.89. The molecule has 2 N–H and O–H groups in total. The number of aryl methyl sites for hydroxylation is 1. The molecule has 3 heteroatoms. The molecule has 0 aliphatic carbocycles. The zero-order chi connectivity index (χ0) is 12.8. The highest BCUT2D eigenvalue weighted by molar-refractivity contribution is 5.99. The van der Waals surface area contributed by atoms with Gasteiger partial charge in [0.2, 0.25) is 0 Å². The number of nitrogens with zero attached hydrogens (tertiary/aromatic N) is 1. The number of carbonyl (C=O) groups is 1. The van der Waals surface area contributed by atoms with Crippen LogP contribution in [0.3, 0.4) is 0 Å². The van der Waals surface area contributed by atoms with Gasteiger partial charge in [-0.3, -0.25) is 4.79 Å². The van der Waals surface area contributed by atoms with Gasteiger partial charge >= 0.3 is 0 Å². The molecule has 0 aliphatic rings. The van der Waals surface area contributed by atoms with Crippen molar-refractivity contribution in [1.82, 2.24) is 4.90 Å². The maximum absolute atomic E-state index is 12.2. The molecule has 3 nitrogen and oxygen atoms in total. The minimum absolute atomic E-state index is 0.0917. The third-order valence-electron chi connectivity index (χ3n) is 2.43. The van der Waals surface area contributed by atoms with Crippen LogP contribution in [0.5, 0.6) is 0 Å². The van der Waals surface area contributed by atoms with Crippen LogP contribution in [-0.4, -0.2) is 23.9 Å². The van der Waals surface area contributed by atoms with E-state index in [1.54, 1.807) is 29.2 Å². The normalized spacial score (nSPS) is 9.71. The Bertz CT molecular complexity index is 428. The maximum Gasteiger partial charge on any atom is 0.256 e. The summed E-state index contributed by atoms with van der Waals surface area (Å²) in [5.74, 6) is -0.0917. The molecule has 0 bridgehead atoms. The Hall–Kier alpha value is -2.03. The number of hydrogen-bond donors (Lipinski definition) is 1. The van der Waals surface area contributed by atoms with E-state index in [-0.39, 0.29) is 5.91 Å². The van der Waals surface area contributed by atoms with Crippen LogP contribution in [0.25, 0.3) is 0 Å². The van der Waals surface area contributed by atoms with E-state index < -0.39 is 0 Å². The number of carbonyl (C=O) groups excluding carboxylic acids is 1. The standard InChI is InChI=1S/C14H18N2O/c1-4-8-16(9-5-2)14(17)12-10-11(3)6-7-13(12)15/h4-7,10H,1-2,8-9,15H2,3H3. The van der Waals surface area contributed by atoms with E-state index in [2.05, 4.69) is 13.2 Å². The van der Waals surface area contributed by atoms with Crippen molar-refractivity contribution in [3.63, 3.8) is 0 Å². The van der Waals surface area contributed by atoms with Gasteiger partial charge in [0.05, 0.1) is 5.56 Å². The summed E-state index contributed by atoms with van der Waals surface area (Å²) >= 11 is 0. The van der Waals surface area contributed by atoms with E-state index in [4.69, 9.17) is 5.73 Å². The Kier molecular flexibility index (Phi) is 4.52. The average molecular weight is 230 g/mol. The summed E-state index contributed by atoms with van der Waals surface area (Å²) in [4.78, 5) is 13.9. The molecular formula is C14H18N2O. The van der Waals surface area contributed by atoms with Crippen LogP contribution in [0.2, 0.25) is 0 Å². The van der Waals surface area contributed by atoms with Gasteiger partial charge in [0.25, 0.3) is 5.91 Å². The fraction of sp³-hybridized carbons (Fsp3) is 0.214. The van der Waals surface area contributed by atoms with Gasteiger partial charge in [-0.05, 0) is 19.1 Å². The van der Waals surface area contributed by atoms with Crippen molar-refractivity contribution in [2.75, 3.05) is 18.8 Å². The quantitative estimate of drug-likeness (QED) is 0.623. The molecule has 17 heavy (non-hydrogen) atoms. The lowest BCUT2D eigenvalue weighted by Crippen LogP contribution is -2.31.